The summed E-state index contributed by atoms with van der Waals surface area (Å²) >= 11 is 0. The summed E-state index contributed by atoms with van der Waals surface area (Å²) in [5.74, 6) is -2.84. The molecule has 7 heteroatoms. The van der Waals surface area contributed by atoms with Crippen LogP contribution in [0.5, 0.6) is 0 Å². The van der Waals surface area contributed by atoms with Gasteiger partial charge in [-0.25, -0.2) is 8.78 Å². The molecular weight excluding hydrogens is 292 g/mol. The molecule has 0 aromatic heterocycles. The van der Waals surface area contributed by atoms with E-state index in [2.05, 4.69) is 5.32 Å². The van der Waals surface area contributed by atoms with Crippen molar-refractivity contribution in [3.8, 4) is 0 Å². The van der Waals surface area contributed by atoms with E-state index < -0.39 is 24.9 Å². The van der Waals surface area contributed by atoms with Crippen LogP contribution in [0.4, 0.5) is 8.78 Å². The summed E-state index contributed by atoms with van der Waals surface area (Å²) in [4.78, 5) is 28.1. The van der Waals surface area contributed by atoms with Crippen LogP contribution < -0.4 is 5.32 Å². The lowest BCUT2D eigenvalue weighted by Crippen LogP contribution is -2.49. The van der Waals surface area contributed by atoms with Gasteiger partial charge in [0, 0.05) is 38.5 Å². The summed E-state index contributed by atoms with van der Waals surface area (Å²) in [6.07, 6.45) is 3.02. The van der Waals surface area contributed by atoms with E-state index in [1.54, 1.807) is 4.90 Å². The van der Waals surface area contributed by atoms with Crippen LogP contribution in [0.2, 0.25) is 0 Å². The van der Waals surface area contributed by atoms with Gasteiger partial charge in [-0.05, 0) is 25.7 Å². The molecule has 0 bridgehead atoms. The highest BCUT2D eigenvalue weighted by Gasteiger charge is 2.44. The Labute approximate surface area is 129 Å². The van der Waals surface area contributed by atoms with Gasteiger partial charge in [-0.3, -0.25) is 14.9 Å². The number of alkyl halides is 2. The number of nitrogens with one attached hydrogen (secondary N) is 1. The Kier molecular flexibility index (Phi) is 4.34. The van der Waals surface area contributed by atoms with Gasteiger partial charge in [0.1, 0.15) is 0 Å². The van der Waals surface area contributed by atoms with E-state index >= 15 is 0 Å². The molecular formula is C15H23F2N3O2. The van der Waals surface area contributed by atoms with Crippen molar-refractivity contribution in [3.63, 3.8) is 0 Å². The van der Waals surface area contributed by atoms with Crippen LogP contribution in [0.15, 0.2) is 0 Å². The minimum Gasteiger partial charge on any atom is -0.342 e. The molecule has 0 saturated carbocycles. The monoisotopic (exact) mass is 315 g/mol. The third-order valence-electron chi connectivity index (χ3n) is 4.98. The Morgan fingerprint density at radius 3 is 2.09 bits per heavy atom. The molecule has 0 spiro atoms. The maximum atomic E-state index is 13.2. The number of hydrogen-bond donors (Lipinski definition) is 1. The predicted molar refractivity (Wildman–Crippen MR) is 76.5 cm³/mol. The van der Waals surface area contributed by atoms with Gasteiger partial charge in [-0.1, -0.05) is 0 Å². The number of carbonyl (C=O) groups is 2. The number of halogens is 2. The third kappa shape index (κ3) is 3.24. The second kappa shape index (κ2) is 6.10. The van der Waals surface area contributed by atoms with Crippen molar-refractivity contribution < 1.29 is 18.4 Å². The number of nitrogens with zero attached hydrogens (tertiary/aromatic N) is 2. The van der Waals surface area contributed by atoms with Crippen LogP contribution in [0.25, 0.3) is 0 Å². The number of likely N-dealkylation sites (tertiary alicyclic amines) is 2. The van der Waals surface area contributed by atoms with Gasteiger partial charge in [-0.2, -0.15) is 0 Å². The van der Waals surface area contributed by atoms with Crippen LogP contribution in [0.1, 0.15) is 32.1 Å². The first-order valence-corrected chi connectivity index (χ1v) is 8.15. The summed E-state index contributed by atoms with van der Waals surface area (Å²) in [6, 6.07) is -0.777. The molecule has 2 amide bonds. The molecule has 124 valence electrons. The third-order valence-corrected chi connectivity index (χ3v) is 4.98. The summed E-state index contributed by atoms with van der Waals surface area (Å²) in [5, 5.41) is 2.61. The number of carbonyl (C=O) groups excluding carboxylic acids is 2. The maximum Gasteiger partial charge on any atom is 0.262 e. The van der Waals surface area contributed by atoms with Crippen LogP contribution in [0, 0.1) is 5.92 Å². The average Bonchev–Trinajstić information content (AvgIpc) is 3.15. The molecule has 3 aliphatic heterocycles. The SMILES string of the molecule is O=C(C1CCN(C(=O)C2CC(F)(F)CN2)CC1)N1CCCC1. The Hall–Kier alpha value is -1.24. The normalized spacial score (nSPS) is 29.1. The van der Waals surface area contributed by atoms with E-state index in [0.717, 1.165) is 25.9 Å². The first kappa shape index (κ1) is 15.6. The highest BCUT2D eigenvalue weighted by Crippen LogP contribution is 2.28. The second-order valence-electron chi connectivity index (χ2n) is 6.63. The van der Waals surface area contributed by atoms with Crippen LogP contribution >= 0.6 is 0 Å². The van der Waals surface area contributed by atoms with Crippen molar-refractivity contribution in [1.29, 1.82) is 0 Å². The minimum atomic E-state index is -2.79. The van der Waals surface area contributed by atoms with Gasteiger partial charge in [0.05, 0.1) is 12.6 Å². The molecule has 3 fully saturated rings. The standard InChI is InChI=1S/C15H23F2N3O2/c16-15(17)9-12(18-10-15)14(22)20-7-3-11(4-8-20)13(21)19-5-1-2-6-19/h11-12,18H,1-10H2. The molecule has 1 N–H and O–H groups in total. The Morgan fingerprint density at radius 2 is 1.55 bits per heavy atom. The molecule has 1 atom stereocenters. The quantitative estimate of drug-likeness (QED) is 0.822. The van der Waals surface area contributed by atoms with Crippen molar-refractivity contribution in [2.24, 2.45) is 5.92 Å². The number of amides is 2. The molecule has 0 aromatic carbocycles. The van der Waals surface area contributed by atoms with E-state index in [1.165, 1.54) is 0 Å². The lowest BCUT2D eigenvalue weighted by Gasteiger charge is -2.34. The first-order valence-electron chi connectivity index (χ1n) is 8.15. The van der Waals surface area contributed by atoms with Gasteiger partial charge in [0.2, 0.25) is 11.8 Å². The molecule has 5 nitrogen and oxygen atoms in total. The van der Waals surface area contributed by atoms with Gasteiger partial charge in [-0.15, -0.1) is 0 Å². The minimum absolute atomic E-state index is 0.0138. The van der Waals surface area contributed by atoms with Crippen molar-refractivity contribution in [3.05, 3.63) is 0 Å². The topological polar surface area (TPSA) is 52.7 Å². The lowest BCUT2D eigenvalue weighted by atomic mass is 9.94. The molecule has 0 aliphatic carbocycles. The van der Waals surface area contributed by atoms with E-state index in [0.29, 0.717) is 25.9 Å². The summed E-state index contributed by atoms with van der Waals surface area (Å²) in [5.41, 5.74) is 0. The molecule has 22 heavy (non-hydrogen) atoms. The fraction of sp³-hybridized carbons (Fsp3) is 0.867. The number of rotatable bonds is 2. The largest absolute Gasteiger partial charge is 0.342 e. The molecule has 3 aliphatic rings. The maximum absolute atomic E-state index is 13.2. The van der Waals surface area contributed by atoms with Crippen molar-refractivity contribution in [2.45, 2.75) is 44.1 Å². The van der Waals surface area contributed by atoms with Crippen molar-refractivity contribution >= 4 is 11.8 Å². The zero-order valence-electron chi connectivity index (χ0n) is 12.7. The highest BCUT2D eigenvalue weighted by molar-refractivity contribution is 5.83. The van der Waals surface area contributed by atoms with Crippen LogP contribution in [0.3, 0.4) is 0 Å². The van der Waals surface area contributed by atoms with E-state index in [9.17, 15) is 18.4 Å². The number of hydrogen-bond acceptors (Lipinski definition) is 3. The van der Waals surface area contributed by atoms with Gasteiger partial charge in [0.25, 0.3) is 5.92 Å². The first-order chi connectivity index (χ1) is 10.5. The highest BCUT2D eigenvalue weighted by atomic mass is 19.3. The van der Waals surface area contributed by atoms with Gasteiger partial charge < -0.3 is 9.80 Å². The van der Waals surface area contributed by atoms with E-state index in [1.807, 2.05) is 4.90 Å². The van der Waals surface area contributed by atoms with Crippen LogP contribution in [-0.4, -0.2) is 66.3 Å². The van der Waals surface area contributed by atoms with Crippen LogP contribution in [-0.2, 0) is 9.59 Å². The molecule has 3 heterocycles. The lowest BCUT2D eigenvalue weighted by molar-refractivity contribution is -0.141. The summed E-state index contributed by atoms with van der Waals surface area (Å²) < 4.78 is 26.4. The second-order valence-corrected chi connectivity index (χ2v) is 6.63. The Balaban J connectivity index is 1.49. The zero-order chi connectivity index (χ0) is 15.7. The zero-order valence-corrected chi connectivity index (χ0v) is 12.7. The smallest absolute Gasteiger partial charge is 0.262 e. The number of piperidine rings is 1. The fourth-order valence-corrected chi connectivity index (χ4v) is 3.65. The molecule has 1 unspecified atom stereocenters. The van der Waals surface area contributed by atoms with Crippen molar-refractivity contribution in [1.82, 2.24) is 15.1 Å². The van der Waals surface area contributed by atoms with Crippen molar-refractivity contribution in [2.75, 3.05) is 32.7 Å². The van der Waals surface area contributed by atoms with Gasteiger partial charge >= 0.3 is 0 Å². The molecule has 3 saturated heterocycles. The predicted octanol–water partition coefficient (Wildman–Crippen LogP) is 0.845. The Morgan fingerprint density at radius 1 is 0.955 bits per heavy atom. The van der Waals surface area contributed by atoms with Gasteiger partial charge in [0.15, 0.2) is 0 Å². The molecule has 3 rings (SSSR count). The average molecular weight is 315 g/mol. The molecule has 0 aromatic rings. The van der Waals surface area contributed by atoms with E-state index in [-0.39, 0.29) is 17.7 Å². The fourth-order valence-electron chi connectivity index (χ4n) is 3.65. The summed E-state index contributed by atoms with van der Waals surface area (Å²) in [6.45, 7) is 2.26. The Bertz CT molecular complexity index is 444. The summed E-state index contributed by atoms with van der Waals surface area (Å²) in [7, 11) is 0. The molecule has 0 radical (unpaired) electrons. The van der Waals surface area contributed by atoms with E-state index in [4.69, 9.17) is 0 Å².